The summed E-state index contributed by atoms with van der Waals surface area (Å²) in [5.74, 6) is 0.832. The highest BCUT2D eigenvalue weighted by Gasteiger charge is 2.43. The van der Waals surface area contributed by atoms with Gasteiger partial charge in [-0.05, 0) is 30.6 Å². The molecule has 0 unspecified atom stereocenters. The molecule has 0 aromatic heterocycles. The highest BCUT2D eigenvalue weighted by molar-refractivity contribution is 7.99. The van der Waals surface area contributed by atoms with Gasteiger partial charge in [0.1, 0.15) is 0 Å². The van der Waals surface area contributed by atoms with Crippen LogP contribution in [0.3, 0.4) is 0 Å². The lowest BCUT2D eigenvalue weighted by Crippen LogP contribution is -2.49. The van der Waals surface area contributed by atoms with E-state index in [2.05, 4.69) is 6.92 Å². The molecule has 4 nitrogen and oxygen atoms in total. The van der Waals surface area contributed by atoms with E-state index in [1.165, 1.54) is 0 Å². The van der Waals surface area contributed by atoms with Gasteiger partial charge in [0.05, 0.1) is 11.2 Å². The molecule has 1 aliphatic rings. The molecule has 0 spiro atoms. The molecule has 5 heteroatoms. The summed E-state index contributed by atoms with van der Waals surface area (Å²) >= 11 is 1.65. The molecule has 1 heterocycles. The van der Waals surface area contributed by atoms with Crippen LogP contribution in [0.25, 0.3) is 0 Å². The van der Waals surface area contributed by atoms with E-state index in [4.69, 9.17) is 0 Å². The van der Waals surface area contributed by atoms with Gasteiger partial charge in [0.2, 0.25) is 5.91 Å². The predicted octanol–water partition coefficient (Wildman–Crippen LogP) is 2.77. The van der Waals surface area contributed by atoms with Gasteiger partial charge in [0.15, 0.2) is 0 Å². The normalized spacial score (nSPS) is 17.2. The first kappa shape index (κ1) is 16.9. The zero-order valence-electron chi connectivity index (χ0n) is 13.0. The van der Waals surface area contributed by atoms with Crippen molar-refractivity contribution in [2.75, 3.05) is 24.6 Å². The van der Waals surface area contributed by atoms with E-state index in [9.17, 15) is 14.7 Å². The third-order valence-electron chi connectivity index (χ3n) is 4.28. The standard InChI is InChI=1S/C17H23NO3S/c1-2-12-22-13-15(19)18-10-8-17(9-11-18,16(20)21)14-6-4-3-5-7-14/h3-7H,2,8-13H2,1H3,(H,20,21). The van der Waals surface area contributed by atoms with E-state index in [1.807, 2.05) is 35.2 Å². The van der Waals surface area contributed by atoms with Gasteiger partial charge in [-0.25, -0.2) is 0 Å². The SMILES string of the molecule is CCCSCC(=O)N1CCC(C(=O)O)(c2ccccc2)CC1. The Hall–Kier alpha value is -1.49. The summed E-state index contributed by atoms with van der Waals surface area (Å²) in [6, 6.07) is 9.39. The molecule has 1 aromatic carbocycles. The van der Waals surface area contributed by atoms with Crippen molar-refractivity contribution in [1.29, 1.82) is 0 Å². The Labute approximate surface area is 135 Å². The number of likely N-dealkylation sites (tertiary alicyclic amines) is 1. The van der Waals surface area contributed by atoms with Crippen LogP contribution in [-0.2, 0) is 15.0 Å². The van der Waals surface area contributed by atoms with Crippen molar-refractivity contribution in [1.82, 2.24) is 4.90 Å². The molecule has 1 amide bonds. The Bertz CT molecular complexity index is 510. The summed E-state index contributed by atoms with van der Waals surface area (Å²) in [6.07, 6.45) is 2.03. The molecule has 0 bridgehead atoms. The number of benzene rings is 1. The maximum absolute atomic E-state index is 12.1. The Kier molecular flexibility index (Phi) is 5.89. The molecule has 1 aromatic rings. The zero-order valence-corrected chi connectivity index (χ0v) is 13.8. The summed E-state index contributed by atoms with van der Waals surface area (Å²) < 4.78 is 0. The Morgan fingerprint density at radius 1 is 1.23 bits per heavy atom. The summed E-state index contributed by atoms with van der Waals surface area (Å²) in [4.78, 5) is 25.8. The van der Waals surface area contributed by atoms with Gasteiger partial charge in [0.25, 0.3) is 0 Å². The van der Waals surface area contributed by atoms with Crippen molar-refractivity contribution < 1.29 is 14.7 Å². The van der Waals surface area contributed by atoms with Crippen molar-refractivity contribution in [3.63, 3.8) is 0 Å². The molecular formula is C17H23NO3S. The van der Waals surface area contributed by atoms with Gasteiger partial charge in [-0.15, -0.1) is 0 Å². The molecule has 0 radical (unpaired) electrons. The number of carbonyl (C=O) groups is 2. The number of nitrogens with zero attached hydrogens (tertiary/aromatic N) is 1. The largest absolute Gasteiger partial charge is 0.481 e. The maximum atomic E-state index is 12.1. The van der Waals surface area contributed by atoms with Gasteiger partial charge in [-0.3, -0.25) is 9.59 Å². The molecule has 2 rings (SSSR count). The molecule has 1 aliphatic heterocycles. The van der Waals surface area contributed by atoms with E-state index >= 15 is 0 Å². The second-order valence-electron chi connectivity index (χ2n) is 5.69. The minimum absolute atomic E-state index is 0.130. The monoisotopic (exact) mass is 321 g/mol. The zero-order chi connectivity index (χ0) is 16.0. The number of thioether (sulfide) groups is 1. The van der Waals surface area contributed by atoms with Crippen molar-refractivity contribution in [2.45, 2.75) is 31.6 Å². The van der Waals surface area contributed by atoms with Gasteiger partial charge < -0.3 is 10.0 Å². The van der Waals surface area contributed by atoms with Gasteiger partial charge in [-0.1, -0.05) is 37.3 Å². The van der Waals surface area contributed by atoms with Crippen LogP contribution in [-0.4, -0.2) is 46.5 Å². The number of piperidine rings is 1. The molecule has 1 fully saturated rings. The van der Waals surface area contributed by atoms with Crippen molar-refractivity contribution in [3.8, 4) is 0 Å². The molecule has 22 heavy (non-hydrogen) atoms. The topological polar surface area (TPSA) is 57.6 Å². The van der Waals surface area contributed by atoms with Gasteiger partial charge in [-0.2, -0.15) is 11.8 Å². The number of amides is 1. The van der Waals surface area contributed by atoms with Gasteiger partial charge in [0, 0.05) is 13.1 Å². The molecule has 1 N–H and O–H groups in total. The molecule has 0 aliphatic carbocycles. The first-order chi connectivity index (χ1) is 10.6. The summed E-state index contributed by atoms with van der Waals surface area (Å²) in [5.41, 5.74) is -0.0100. The summed E-state index contributed by atoms with van der Waals surface area (Å²) in [5, 5.41) is 9.73. The minimum Gasteiger partial charge on any atom is -0.481 e. The number of carboxylic acids is 1. The number of aliphatic carboxylic acids is 1. The minimum atomic E-state index is -0.853. The van der Waals surface area contributed by atoms with E-state index in [0.717, 1.165) is 17.7 Å². The second kappa shape index (κ2) is 7.68. The number of hydrogen-bond acceptors (Lipinski definition) is 3. The van der Waals surface area contributed by atoms with E-state index < -0.39 is 11.4 Å². The number of hydrogen-bond donors (Lipinski definition) is 1. The maximum Gasteiger partial charge on any atom is 0.314 e. The van der Waals surface area contributed by atoms with Crippen LogP contribution in [0.1, 0.15) is 31.7 Å². The predicted molar refractivity (Wildman–Crippen MR) is 89.2 cm³/mol. The van der Waals surface area contributed by atoms with E-state index in [1.54, 1.807) is 11.8 Å². The highest BCUT2D eigenvalue weighted by Crippen LogP contribution is 2.36. The molecule has 120 valence electrons. The van der Waals surface area contributed by atoms with Crippen molar-refractivity contribution in [2.24, 2.45) is 0 Å². The lowest BCUT2D eigenvalue weighted by molar-refractivity contribution is -0.147. The fraction of sp³-hybridized carbons (Fsp3) is 0.529. The van der Waals surface area contributed by atoms with Crippen molar-refractivity contribution >= 4 is 23.6 Å². The highest BCUT2D eigenvalue weighted by atomic mass is 32.2. The lowest BCUT2D eigenvalue weighted by Gasteiger charge is -2.39. The van der Waals surface area contributed by atoms with E-state index in [0.29, 0.717) is 31.7 Å². The third kappa shape index (κ3) is 3.64. The second-order valence-corrected chi connectivity index (χ2v) is 6.79. The Morgan fingerprint density at radius 3 is 2.41 bits per heavy atom. The lowest BCUT2D eigenvalue weighted by atomic mass is 9.73. The van der Waals surface area contributed by atoms with Crippen LogP contribution in [0.2, 0.25) is 0 Å². The fourth-order valence-corrected chi connectivity index (χ4v) is 3.71. The van der Waals surface area contributed by atoms with Gasteiger partial charge >= 0.3 is 5.97 Å². The van der Waals surface area contributed by atoms with Crippen molar-refractivity contribution in [3.05, 3.63) is 35.9 Å². The van der Waals surface area contributed by atoms with Crippen LogP contribution < -0.4 is 0 Å². The fourth-order valence-electron chi connectivity index (χ4n) is 2.92. The molecule has 0 saturated carbocycles. The number of carboxylic acid groups (broad SMARTS) is 1. The first-order valence-electron chi connectivity index (χ1n) is 7.74. The summed E-state index contributed by atoms with van der Waals surface area (Å²) in [6.45, 7) is 3.14. The molecular weight excluding hydrogens is 298 g/mol. The molecule has 1 saturated heterocycles. The van der Waals surface area contributed by atoms with Crippen LogP contribution in [0.5, 0.6) is 0 Å². The smallest absolute Gasteiger partial charge is 0.314 e. The Balaban J connectivity index is 2.02. The summed E-state index contributed by atoms with van der Waals surface area (Å²) in [7, 11) is 0. The first-order valence-corrected chi connectivity index (χ1v) is 8.90. The van der Waals surface area contributed by atoms with Crippen LogP contribution in [0.4, 0.5) is 0 Å². The quantitative estimate of drug-likeness (QED) is 0.819. The number of rotatable bonds is 6. The average Bonchev–Trinajstić information content (AvgIpc) is 2.55. The van der Waals surface area contributed by atoms with Crippen LogP contribution in [0, 0.1) is 0 Å². The molecule has 0 atom stereocenters. The van der Waals surface area contributed by atoms with Crippen LogP contribution in [0.15, 0.2) is 30.3 Å². The Morgan fingerprint density at radius 2 is 1.86 bits per heavy atom. The number of carbonyl (C=O) groups excluding carboxylic acids is 1. The van der Waals surface area contributed by atoms with Crippen LogP contribution >= 0.6 is 11.8 Å². The third-order valence-corrected chi connectivity index (χ3v) is 5.43. The van der Waals surface area contributed by atoms with E-state index in [-0.39, 0.29) is 5.91 Å². The average molecular weight is 321 g/mol.